The molecule has 29 heavy (non-hydrogen) atoms. The lowest BCUT2D eigenvalue weighted by molar-refractivity contribution is 0.462. The minimum absolute atomic E-state index is 0.361. The van der Waals surface area contributed by atoms with Crippen molar-refractivity contribution in [3.63, 3.8) is 0 Å². The highest BCUT2D eigenvalue weighted by atomic mass is 32.2. The second kappa shape index (κ2) is 9.45. The Labute approximate surface area is 174 Å². The van der Waals surface area contributed by atoms with E-state index in [1.807, 2.05) is 45.4 Å². The summed E-state index contributed by atoms with van der Waals surface area (Å²) < 4.78 is 29.0. The van der Waals surface area contributed by atoms with Crippen molar-refractivity contribution in [1.82, 2.24) is 19.1 Å². The molecule has 1 saturated heterocycles. The predicted molar refractivity (Wildman–Crippen MR) is 116 cm³/mol. The molecule has 1 fully saturated rings. The van der Waals surface area contributed by atoms with E-state index in [1.165, 1.54) is 5.69 Å². The third kappa shape index (κ3) is 5.19. The molecule has 1 aliphatic heterocycles. The Morgan fingerprint density at radius 3 is 2.45 bits per heavy atom. The molecule has 3 rings (SSSR count). The molecule has 0 spiro atoms. The van der Waals surface area contributed by atoms with Gasteiger partial charge in [0.05, 0.1) is 18.0 Å². The highest BCUT2D eigenvalue weighted by Gasteiger charge is 2.26. The van der Waals surface area contributed by atoms with E-state index in [9.17, 15) is 8.42 Å². The van der Waals surface area contributed by atoms with Crippen LogP contribution in [0.2, 0.25) is 0 Å². The van der Waals surface area contributed by atoms with Crippen LogP contribution < -0.4 is 5.32 Å². The summed E-state index contributed by atoms with van der Waals surface area (Å²) in [4.78, 5) is 7.17. The maximum Gasteiger partial charge on any atom is 0.243 e. The smallest absolute Gasteiger partial charge is 0.243 e. The van der Waals surface area contributed by atoms with Crippen molar-refractivity contribution in [1.29, 1.82) is 0 Å². The SMILES string of the molecule is CCNC(=NCc1ccc(S(=O)(=O)N2CCCC2)cc1)N(C)Cc1cccn1C. The standard InChI is InChI=1S/C21H31N5O2S/c1-4-22-21(25(3)17-19-8-7-13-24(19)2)23-16-18-9-11-20(12-10-18)29(27,28)26-14-5-6-15-26/h7-13H,4-6,14-17H2,1-3H3,(H,22,23). The average Bonchev–Trinajstić information content (AvgIpc) is 3.38. The van der Waals surface area contributed by atoms with Gasteiger partial charge in [-0.05, 0) is 49.6 Å². The maximum atomic E-state index is 12.6. The molecular weight excluding hydrogens is 386 g/mol. The third-order valence-corrected chi connectivity index (χ3v) is 7.10. The quantitative estimate of drug-likeness (QED) is 0.555. The first-order chi connectivity index (χ1) is 13.9. The van der Waals surface area contributed by atoms with Crippen LogP contribution in [0.5, 0.6) is 0 Å². The van der Waals surface area contributed by atoms with Gasteiger partial charge in [-0.25, -0.2) is 13.4 Å². The van der Waals surface area contributed by atoms with Gasteiger partial charge in [-0.2, -0.15) is 4.31 Å². The van der Waals surface area contributed by atoms with Crippen molar-refractivity contribution in [3.05, 3.63) is 53.9 Å². The third-order valence-electron chi connectivity index (χ3n) is 5.18. The molecule has 0 atom stereocenters. The number of sulfonamides is 1. The summed E-state index contributed by atoms with van der Waals surface area (Å²) >= 11 is 0. The summed E-state index contributed by atoms with van der Waals surface area (Å²) in [5.74, 6) is 0.822. The lowest BCUT2D eigenvalue weighted by Gasteiger charge is -2.22. The van der Waals surface area contributed by atoms with E-state index >= 15 is 0 Å². The molecule has 1 aromatic carbocycles. The Hall–Kier alpha value is -2.32. The number of hydrogen-bond donors (Lipinski definition) is 1. The number of nitrogens with one attached hydrogen (secondary N) is 1. The first-order valence-corrected chi connectivity index (χ1v) is 11.5. The van der Waals surface area contributed by atoms with E-state index in [0.717, 1.165) is 37.5 Å². The average molecular weight is 418 g/mol. The van der Waals surface area contributed by atoms with Gasteiger partial charge in [0.2, 0.25) is 10.0 Å². The number of aliphatic imine (C=N–C) groups is 1. The van der Waals surface area contributed by atoms with Crippen LogP contribution in [-0.2, 0) is 30.2 Å². The van der Waals surface area contributed by atoms with Gasteiger partial charge in [0.1, 0.15) is 0 Å². The van der Waals surface area contributed by atoms with Gasteiger partial charge >= 0.3 is 0 Å². The summed E-state index contributed by atoms with van der Waals surface area (Å²) in [6, 6.07) is 11.2. The molecule has 158 valence electrons. The number of benzene rings is 1. The number of hydrogen-bond acceptors (Lipinski definition) is 3. The number of aryl methyl sites for hydroxylation is 1. The van der Waals surface area contributed by atoms with Gasteiger partial charge in [-0.1, -0.05) is 12.1 Å². The molecule has 2 aromatic rings. The largest absolute Gasteiger partial charge is 0.357 e. The molecule has 8 heteroatoms. The molecule has 0 radical (unpaired) electrons. The number of rotatable bonds is 7. The second-order valence-electron chi connectivity index (χ2n) is 7.39. The van der Waals surface area contributed by atoms with Crippen molar-refractivity contribution in [2.75, 3.05) is 26.7 Å². The highest BCUT2D eigenvalue weighted by molar-refractivity contribution is 7.89. The number of guanidine groups is 1. The lowest BCUT2D eigenvalue weighted by Crippen LogP contribution is -2.38. The maximum absolute atomic E-state index is 12.6. The van der Waals surface area contributed by atoms with Crippen LogP contribution >= 0.6 is 0 Å². The molecule has 0 amide bonds. The molecule has 1 aliphatic rings. The lowest BCUT2D eigenvalue weighted by atomic mass is 10.2. The first-order valence-electron chi connectivity index (χ1n) is 10.1. The van der Waals surface area contributed by atoms with Gasteiger partial charge in [-0.15, -0.1) is 0 Å². The molecule has 0 unspecified atom stereocenters. The van der Waals surface area contributed by atoms with Crippen LogP contribution in [0.3, 0.4) is 0 Å². The van der Waals surface area contributed by atoms with Crippen LogP contribution in [-0.4, -0.2) is 54.8 Å². The Morgan fingerprint density at radius 2 is 1.86 bits per heavy atom. The Kier molecular flexibility index (Phi) is 6.97. The first kappa shape index (κ1) is 21.4. The molecule has 0 bridgehead atoms. The van der Waals surface area contributed by atoms with E-state index in [4.69, 9.17) is 4.99 Å². The van der Waals surface area contributed by atoms with E-state index in [-0.39, 0.29) is 0 Å². The highest BCUT2D eigenvalue weighted by Crippen LogP contribution is 2.21. The molecule has 0 aliphatic carbocycles. The normalized spacial score (nSPS) is 15.6. The van der Waals surface area contributed by atoms with Crippen LogP contribution in [0.25, 0.3) is 0 Å². The molecular formula is C21H31N5O2S. The minimum Gasteiger partial charge on any atom is -0.357 e. The van der Waals surface area contributed by atoms with Gasteiger partial charge in [0.25, 0.3) is 0 Å². The number of nitrogens with zero attached hydrogens (tertiary/aromatic N) is 4. The fourth-order valence-corrected chi connectivity index (χ4v) is 4.98. The topological polar surface area (TPSA) is 69.9 Å². The fourth-order valence-electron chi connectivity index (χ4n) is 3.46. The van der Waals surface area contributed by atoms with Gasteiger partial charge in [0, 0.05) is 45.6 Å². The molecule has 7 nitrogen and oxygen atoms in total. The molecule has 1 aromatic heterocycles. The van der Waals surface area contributed by atoms with Crippen molar-refractivity contribution in [3.8, 4) is 0 Å². The van der Waals surface area contributed by atoms with Gasteiger partial charge in [-0.3, -0.25) is 0 Å². The van der Waals surface area contributed by atoms with Crippen LogP contribution in [0.4, 0.5) is 0 Å². The minimum atomic E-state index is -3.37. The Bertz CT molecular complexity index is 928. The summed E-state index contributed by atoms with van der Waals surface area (Å²) in [5.41, 5.74) is 2.18. The summed E-state index contributed by atoms with van der Waals surface area (Å²) in [7, 11) is 0.680. The van der Waals surface area contributed by atoms with Crippen molar-refractivity contribution >= 4 is 16.0 Å². The Morgan fingerprint density at radius 1 is 1.17 bits per heavy atom. The fraction of sp³-hybridized carbons (Fsp3) is 0.476. The van der Waals surface area contributed by atoms with E-state index in [2.05, 4.69) is 20.9 Å². The summed E-state index contributed by atoms with van der Waals surface area (Å²) in [6.07, 6.45) is 3.91. The van der Waals surface area contributed by atoms with E-state index in [0.29, 0.717) is 24.5 Å². The van der Waals surface area contributed by atoms with Crippen molar-refractivity contribution in [2.45, 2.75) is 37.8 Å². The zero-order valence-electron chi connectivity index (χ0n) is 17.5. The zero-order chi connectivity index (χ0) is 20.9. The predicted octanol–water partition coefficient (Wildman–Crippen LogP) is 2.41. The summed E-state index contributed by atoms with van der Waals surface area (Å²) in [5, 5.41) is 3.32. The monoisotopic (exact) mass is 417 g/mol. The molecule has 2 heterocycles. The zero-order valence-corrected chi connectivity index (χ0v) is 18.3. The van der Waals surface area contributed by atoms with Crippen LogP contribution in [0.15, 0.2) is 52.5 Å². The number of aromatic nitrogens is 1. The second-order valence-corrected chi connectivity index (χ2v) is 9.33. The van der Waals surface area contributed by atoms with E-state index < -0.39 is 10.0 Å². The Balaban J connectivity index is 1.68. The van der Waals surface area contributed by atoms with Gasteiger partial charge < -0.3 is 14.8 Å². The van der Waals surface area contributed by atoms with Crippen molar-refractivity contribution in [2.24, 2.45) is 12.0 Å². The van der Waals surface area contributed by atoms with Crippen LogP contribution in [0, 0.1) is 0 Å². The van der Waals surface area contributed by atoms with E-state index in [1.54, 1.807) is 16.4 Å². The van der Waals surface area contributed by atoms with Crippen LogP contribution in [0.1, 0.15) is 31.0 Å². The van der Waals surface area contributed by atoms with Crippen molar-refractivity contribution < 1.29 is 8.42 Å². The molecule has 1 N–H and O–H groups in total. The summed E-state index contributed by atoms with van der Waals surface area (Å²) in [6.45, 7) is 5.31. The van der Waals surface area contributed by atoms with Gasteiger partial charge in [0.15, 0.2) is 5.96 Å². The molecule has 0 saturated carbocycles.